The van der Waals surface area contributed by atoms with Gasteiger partial charge in [-0.3, -0.25) is 0 Å². The molecule has 2 rings (SSSR count). The number of hydrogen-bond donors (Lipinski definition) is 1. The van der Waals surface area contributed by atoms with E-state index in [1.54, 1.807) is 19.0 Å². The van der Waals surface area contributed by atoms with Crippen LogP contribution in [0.25, 0.3) is 0 Å². The van der Waals surface area contributed by atoms with E-state index in [0.717, 1.165) is 11.3 Å². The minimum absolute atomic E-state index is 0.0614. The fourth-order valence-corrected chi connectivity index (χ4v) is 3.35. The van der Waals surface area contributed by atoms with Crippen LogP contribution in [-0.4, -0.2) is 29.1 Å². The molecule has 0 spiro atoms. The Labute approximate surface area is 134 Å². The summed E-state index contributed by atoms with van der Waals surface area (Å²) in [6.45, 7) is 0.386. The normalized spacial score (nSPS) is 13.0. The monoisotopic (exact) mass is 352 g/mol. The highest BCUT2D eigenvalue weighted by molar-refractivity contribution is 7.16. The predicted molar refractivity (Wildman–Crippen MR) is 79.9 cm³/mol. The summed E-state index contributed by atoms with van der Waals surface area (Å²) in [5.41, 5.74) is 0.0131. The molecule has 21 heavy (non-hydrogen) atoms. The summed E-state index contributed by atoms with van der Waals surface area (Å²) in [7, 11) is 3.58. The highest BCUT2D eigenvalue weighted by Gasteiger charge is 2.25. The molecule has 1 atom stereocenters. The largest absolute Gasteiger partial charge is 0.382 e. The lowest BCUT2D eigenvalue weighted by Gasteiger charge is -2.15. The molecule has 0 bridgehead atoms. The number of rotatable bonds is 4. The SMILES string of the molecule is CN(C)Cc1cc(F)c(C(O)c2sc(Cl)nc2Cl)c(F)c1. The van der Waals surface area contributed by atoms with Crippen molar-refractivity contribution in [3.63, 3.8) is 0 Å². The number of thiazole rings is 1. The number of nitrogens with zero attached hydrogens (tertiary/aromatic N) is 2. The molecule has 0 aliphatic rings. The standard InChI is InChI=1S/C13H12Cl2F2N2OS/c1-19(2)5-6-3-7(16)9(8(17)4-6)10(20)11-12(14)18-13(15)21-11/h3-4,10,20H,5H2,1-2H3. The number of aromatic nitrogens is 1. The van der Waals surface area contributed by atoms with Crippen LogP contribution in [0.4, 0.5) is 8.78 Å². The molecule has 8 heteroatoms. The number of halogens is 4. The molecular weight excluding hydrogens is 341 g/mol. The zero-order valence-corrected chi connectivity index (χ0v) is 13.5. The van der Waals surface area contributed by atoms with E-state index < -0.39 is 23.3 Å². The summed E-state index contributed by atoms with van der Waals surface area (Å²) in [6, 6.07) is 2.39. The van der Waals surface area contributed by atoms with Crippen molar-refractivity contribution in [3.05, 3.63) is 49.4 Å². The number of aliphatic hydroxyl groups is 1. The first-order valence-electron chi connectivity index (χ1n) is 5.92. The molecule has 0 aliphatic heterocycles. The molecule has 0 aliphatic carbocycles. The van der Waals surface area contributed by atoms with Gasteiger partial charge in [0.2, 0.25) is 0 Å². The maximum absolute atomic E-state index is 14.1. The van der Waals surface area contributed by atoms with Gasteiger partial charge in [-0.2, -0.15) is 0 Å². The second-order valence-electron chi connectivity index (χ2n) is 4.74. The van der Waals surface area contributed by atoms with E-state index in [9.17, 15) is 13.9 Å². The van der Waals surface area contributed by atoms with Crippen LogP contribution in [0.1, 0.15) is 22.1 Å². The molecule has 1 N–H and O–H groups in total. The van der Waals surface area contributed by atoms with Crippen LogP contribution in [0.2, 0.25) is 9.62 Å². The van der Waals surface area contributed by atoms with Crippen molar-refractivity contribution < 1.29 is 13.9 Å². The molecule has 0 saturated carbocycles. The van der Waals surface area contributed by atoms with Crippen molar-refractivity contribution in [1.29, 1.82) is 0 Å². The molecular formula is C13H12Cl2F2N2OS. The Balaban J connectivity index is 2.42. The van der Waals surface area contributed by atoms with Gasteiger partial charge in [0.15, 0.2) is 4.47 Å². The van der Waals surface area contributed by atoms with Crippen LogP contribution >= 0.6 is 34.5 Å². The van der Waals surface area contributed by atoms with Gasteiger partial charge in [0.05, 0.1) is 10.4 Å². The van der Waals surface area contributed by atoms with Gasteiger partial charge >= 0.3 is 0 Å². The van der Waals surface area contributed by atoms with Crippen molar-refractivity contribution in [2.24, 2.45) is 0 Å². The van der Waals surface area contributed by atoms with Crippen molar-refractivity contribution in [2.45, 2.75) is 12.6 Å². The zero-order valence-electron chi connectivity index (χ0n) is 11.2. The molecule has 3 nitrogen and oxygen atoms in total. The van der Waals surface area contributed by atoms with Crippen molar-refractivity contribution in [1.82, 2.24) is 9.88 Å². The smallest absolute Gasteiger partial charge is 0.185 e. The number of hydrogen-bond acceptors (Lipinski definition) is 4. The Hall–Kier alpha value is -0.790. The van der Waals surface area contributed by atoms with E-state index in [0.29, 0.717) is 12.1 Å². The molecule has 0 radical (unpaired) electrons. The van der Waals surface area contributed by atoms with Crippen LogP contribution in [0, 0.1) is 11.6 Å². The molecule has 114 valence electrons. The Morgan fingerprint density at radius 3 is 2.29 bits per heavy atom. The summed E-state index contributed by atoms with van der Waals surface area (Å²) < 4.78 is 28.3. The molecule has 1 aromatic heterocycles. The first-order valence-corrected chi connectivity index (χ1v) is 7.49. The molecule has 0 saturated heterocycles. The van der Waals surface area contributed by atoms with Gasteiger partial charge in [-0.15, -0.1) is 11.3 Å². The van der Waals surface area contributed by atoms with Crippen LogP contribution in [0.5, 0.6) is 0 Å². The fraction of sp³-hybridized carbons (Fsp3) is 0.308. The average molecular weight is 353 g/mol. The highest BCUT2D eigenvalue weighted by atomic mass is 35.5. The fourth-order valence-electron chi connectivity index (χ4n) is 1.94. The quantitative estimate of drug-likeness (QED) is 0.907. The third kappa shape index (κ3) is 3.70. The number of aliphatic hydroxyl groups excluding tert-OH is 1. The number of benzene rings is 1. The van der Waals surface area contributed by atoms with E-state index in [-0.39, 0.29) is 14.5 Å². The summed E-state index contributed by atoms with van der Waals surface area (Å²) in [6.07, 6.45) is -1.55. The maximum atomic E-state index is 14.1. The third-order valence-electron chi connectivity index (χ3n) is 2.74. The van der Waals surface area contributed by atoms with E-state index in [2.05, 4.69) is 4.98 Å². The van der Waals surface area contributed by atoms with E-state index in [1.165, 1.54) is 12.1 Å². The zero-order chi connectivity index (χ0) is 15.7. The Morgan fingerprint density at radius 2 is 1.86 bits per heavy atom. The van der Waals surface area contributed by atoms with Crippen LogP contribution < -0.4 is 0 Å². The van der Waals surface area contributed by atoms with Gasteiger partial charge in [0.25, 0.3) is 0 Å². The predicted octanol–water partition coefficient (Wildman–Crippen LogP) is 3.87. The summed E-state index contributed by atoms with van der Waals surface area (Å²) in [4.78, 5) is 5.60. The first-order chi connectivity index (χ1) is 9.79. The van der Waals surface area contributed by atoms with Gasteiger partial charge in [-0.1, -0.05) is 23.2 Å². The third-order valence-corrected chi connectivity index (χ3v) is 4.36. The van der Waals surface area contributed by atoms with Gasteiger partial charge in [0, 0.05) is 6.54 Å². The van der Waals surface area contributed by atoms with Gasteiger partial charge in [-0.25, -0.2) is 13.8 Å². The van der Waals surface area contributed by atoms with E-state index >= 15 is 0 Å². The lowest BCUT2D eigenvalue weighted by atomic mass is 10.0. The minimum atomic E-state index is -1.55. The van der Waals surface area contributed by atoms with E-state index in [1.807, 2.05) is 0 Å². The maximum Gasteiger partial charge on any atom is 0.185 e. The second kappa shape index (κ2) is 6.54. The Bertz CT molecular complexity index is 641. The molecule has 1 heterocycles. The molecule has 2 aromatic rings. The minimum Gasteiger partial charge on any atom is -0.382 e. The summed E-state index contributed by atoms with van der Waals surface area (Å²) >= 11 is 12.4. The second-order valence-corrected chi connectivity index (χ2v) is 6.71. The molecule has 1 unspecified atom stereocenters. The summed E-state index contributed by atoms with van der Waals surface area (Å²) in [5.74, 6) is -1.67. The van der Waals surface area contributed by atoms with Gasteiger partial charge in [-0.05, 0) is 31.8 Å². The molecule has 0 fully saturated rings. The average Bonchev–Trinajstić information content (AvgIpc) is 2.66. The Morgan fingerprint density at radius 1 is 1.29 bits per heavy atom. The van der Waals surface area contributed by atoms with Gasteiger partial charge < -0.3 is 10.0 Å². The van der Waals surface area contributed by atoms with Gasteiger partial charge in [0.1, 0.15) is 22.9 Å². The summed E-state index contributed by atoms with van der Waals surface area (Å²) in [5, 5.41) is 10.1. The van der Waals surface area contributed by atoms with Crippen molar-refractivity contribution >= 4 is 34.5 Å². The van der Waals surface area contributed by atoms with Crippen LogP contribution in [0.15, 0.2) is 12.1 Å². The molecule has 0 amide bonds. The van der Waals surface area contributed by atoms with Crippen LogP contribution in [0.3, 0.4) is 0 Å². The van der Waals surface area contributed by atoms with Crippen molar-refractivity contribution in [3.8, 4) is 0 Å². The van der Waals surface area contributed by atoms with E-state index in [4.69, 9.17) is 23.2 Å². The lowest BCUT2D eigenvalue weighted by molar-refractivity contribution is 0.212. The van der Waals surface area contributed by atoms with Crippen LogP contribution in [-0.2, 0) is 6.54 Å². The first kappa shape index (κ1) is 16.6. The van der Waals surface area contributed by atoms with Crippen molar-refractivity contribution in [2.75, 3.05) is 14.1 Å². The lowest BCUT2D eigenvalue weighted by Crippen LogP contribution is -2.12. The topological polar surface area (TPSA) is 36.4 Å². The highest BCUT2D eigenvalue weighted by Crippen LogP contribution is 2.37. The Kier molecular flexibility index (Phi) is 5.16. The molecule has 1 aromatic carbocycles.